The maximum atomic E-state index is 13.4. The second-order valence-corrected chi connectivity index (χ2v) is 7.68. The first-order valence-electron chi connectivity index (χ1n) is 10.2. The molecule has 1 saturated heterocycles. The second-order valence-electron chi connectivity index (χ2n) is 7.68. The summed E-state index contributed by atoms with van der Waals surface area (Å²) in [7, 11) is 3.03. The van der Waals surface area contributed by atoms with Gasteiger partial charge in [0.2, 0.25) is 11.7 Å². The van der Waals surface area contributed by atoms with Crippen molar-refractivity contribution in [2.24, 2.45) is 0 Å². The first kappa shape index (κ1) is 20.5. The lowest BCUT2D eigenvalue weighted by atomic mass is 9.92. The van der Waals surface area contributed by atoms with Gasteiger partial charge in [-0.15, -0.1) is 0 Å². The van der Waals surface area contributed by atoms with E-state index in [0.717, 1.165) is 5.56 Å². The summed E-state index contributed by atoms with van der Waals surface area (Å²) in [6.45, 7) is 3.66. The van der Waals surface area contributed by atoms with Gasteiger partial charge in [0.05, 0.1) is 33.5 Å². The summed E-state index contributed by atoms with van der Waals surface area (Å²) in [6, 6.07) is 11.6. The highest BCUT2D eigenvalue weighted by Gasteiger charge is 2.35. The number of hydrogen-bond acceptors (Lipinski definition) is 6. The Bertz CT molecular complexity index is 885. The zero-order valence-electron chi connectivity index (χ0n) is 17.5. The molecule has 30 heavy (non-hydrogen) atoms. The predicted molar refractivity (Wildman–Crippen MR) is 112 cm³/mol. The molecule has 1 N–H and O–H groups in total. The number of aromatic hydroxyl groups is 1. The van der Waals surface area contributed by atoms with Crippen LogP contribution >= 0.6 is 0 Å². The Kier molecular flexibility index (Phi) is 6.11. The minimum atomic E-state index is -0.246. The normalized spacial score (nSPS) is 19.3. The zero-order chi connectivity index (χ0) is 21.1. The Balaban J connectivity index is 1.64. The molecule has 0 bridgehead atoms. The molecule has 0 saturated carbocycles. The van der Waals surface area contributed by atoms with E-state index in [4.69, 9.17) is 14.2 Å². The van der Waals surface area contributed by atoms with Gasteiger partial charge in [-0.1, -0.05) is 24.3 Å². The van der Waals surface area contributed by atoms with E-state index in [1.165, 1.54) is 25.3 Å². The van der Waals surface area contributed by atoms with Gasteiger partial charge in [0, 0.05) is 26.2 Å². The molecule has 1 atom stereocenters. The number of phenolic OH excluding ortho intramolecular Hbond substituents is 1. The number of amides is 1. The number of ether oxygens (including phenoxy) is 3. The molecule has 1 amide bonds. The molecule has 1 fully saturated rings. The lowest BCUT2D eigenvalue weighted by molar-refractivity contribution is -0.142. The summed E-state index contributed by atoms with van der Waals surface area (Å²) in [5.41, 5.74) is 3.38. The monoisotopic (exact) mass is 412 g/mol. The molecule has 7 nitrogen and oxygen atoms in total. The van der Waals surface area contributed by atoms with E-state index in [-0.39, 0.29) is 17.7 Å². The maximum Gasteiger partial charge on any atom is 0.240 e. The van der Waals surface area contributed by atoms with E-state index in [1.807, 2.05) is 17.0 Å². The number of nitrogens with zero attached hydrogens (tertiary/aromatic N) is 2. The Hall–Kier alpha value is -2.77. The first-order chi connectivity index (χ1) is 14.6. The molecule has 2 aliphatic heterocycles. The van der Waals surface area contributed by atoms with Crippen molar-refractivity contribution in [1.29, 1.82) is 0 Å². The molecule has 0 spiro atoms. The molecule has 2 aromatic carbocycles. The number of carbonyl (C=O) groups is 1. The second kappa shape index (κ2) is 8.93. The van der Waals surface area contributed by atoms with Gasteiger partial charge in [-0.05, 0) is 35.2 Å². The van der Waals surface area contributed by atoms with E-state index in [0.29, 0.717) is 57.3 Å². The van der Waals surface area contributed by atoms with E-state index >= 15 is 0 Å². The summed E-state index contributed by atoms with van der Waals surface area (Å²) in [4.78, 5) is 17.5. The molecular formula is C23H28N2O5. The molecule has 0 aliphatic carbocycles. The van der Waals surface area contributed by atoms with Crippen molar-refractivity contribution in [2.75, 3.05) is 40.5 Å². The Labute approximate surface area is 176 Å². The fraction of sp³-hybridized carbons (Fsp3) is 0.435. The van der Waals surface area contributed by atoms with Gasteiger partial charge in [-0.2, -0.15) is 0 Å². The van der Waals surface area contributed by atoms with Crippen molar-refractivity contribution in [3.63, 3.8) is 0 Å². The van der Waals surface area contributed by atoms with Gasteiger partial charge >= 0.3 is 0 Å². The molecule has 1 unspecified atom stereocenters. The summed E-state index contributed by atoms with van der Waals surface area (Å²) < 4.78 is 16.0. The number of carbonyl (C=O) groups excluding carboxylic acids is 1. The van der Waals surface area contributed by atoms with Crippen LogP contribution in [-0.2, 0) is 29.0 Å². The topological polar surface area (TPSA) is 71.5 Å². The summed E-state index contributed by atoms with van der Waals surface area (Å²) in [5, 5.41) is 10.2. The minimum Gasteiger partial charge on any atom is -0.502 e. The van der Waals surface area contributed by atoms with Crippen molar-refractivity contribution in [3.8, 4) is 17.2 Å². The Morgan fingerprint density at radius 1 is 1.10 bits per heavy atom. The third kappa shape index (κ3) is 4.08. The van der Waals surface area contributed by atoms with Crippen LogP contribution in [0.5, 0.6) is 17.2 Å². The minimum absolute atomic E-state index is 0.0197. The van der Waals surface area contributed by atoms with Gasteiger partial charge < -0.3 is 24.2 Å². The lowest BCUT2D eigenvalue weighted by Crippen LogP contribution is -2.53. The van der Waals surface area contributed by atoms with Crippen LogP contribution in [0.1, 0.15) is 16.7 Å². The van der Waals surface area contributed by atoms with Crippen LogP contribution in [0.25, 0.3) is 0 Å². The number of fused-ring (bicyclic) bond motifs is 1. The van der Waals surface area contributed by atoms with Crippen molar-refractivity contribution >= 4 is 5.91 Å². The average molecular weight is 412 g/mol. The van der Waals surface area contributed by atoms with E-state index in [2.05, 4.69) is 17.0 Å². The summed E-state index contributed by atoms with van der Waals surface area (Å²) in [5.74, 6) is 0.842. The third-order valence-corrected chi connectivity index (χ3v) is 5.88. The standard InChI is InChI=1S/C23H28N2O5/c1-28-20-11-16(12-21(29-2)22(20)26)14-25-15-18-6-4-3-5-17(18)13-19(25)23(27)24-7-9-30-10-8-24/h3-6,11-12,19,26H,7-10,13-15H2,1-2H3. The van der Waals surface area contributed by atoms with Crippen molar-refractivity contribution in [1.82, 2.24) is 9.80 Å². The van der Waals surface area contributed by atoms with E-state index in [9.17, 15) is 9.90 Å². The van der Waals surface area contributed by atoms with E-state index < -0.39 is 0 Å². The van der Waals surface area contributed by atoms with Gasteiger partial charge in [-0.3, -0.25) is 9.69 Å². The van der Waals surface area contributed by atoms with Crippen molar-refractivity contribution in [3.05, 3.63) is 53.1 Å². The lowest BCUT2D eigenvalue weighted by Gasteiger charge is -2.39. The van der Waals surface area contributed by atoms with Crippen LogP contribution in [-0.4, -0.2) is 67.4 Å². The molecule has 4 rings (SSSR count). The molecule has 7 heteroatoms. The highest BCUT2D eigenvalue weighted by molar-refractivity contribution is 5.82. The van der Waals surface area contributed by atoms with Crippen molar-refractivity contribution < 1.29 is 24.1 Å². The zero-order valence-corrected chi connectivity index (χ0v) is 17.5. The molecule has 0 aromatic heterocycles. The Morgan fingerprint density at radius 2 is 1.73 bits per heavy atom. The largest absolute Gasteiger partial charge is 0.502 e. The number of phenols is 1. The van der Waals surface area contributed by atoms with Crippen LogP contribution in [0.4, 0.5) is 0 Å². The predicted octanol–water partition coefficient (Wildman–Crippen LogP) is 2.20. The first-order valence-corrected chi connectivity index (χ1v) is 10.2. The molecular weight excluding hydrogens is 384 g/mol. The number of hydrogen-bond donors (Lipinski definition) is 1. The molecule has 2 heterocycles. The van der Waals surface area contributed by atoms with Crippen LogP contribution in [0, 0.1) is 0 Å². The highest BCUT2D eigenvalue weighted by Crippen LogP contribution is 2.38. The van der Waals surface area contributed by atoms with Gasteiger partial charge in [-0.25, -0.2) is 0 Å². The molecule has 2 aliphatic rings. The molecule has 2 aromatic rings. The number of rotatable bonds is 5. The number of morpholine rings is 1. The van der Waals surface area contributed by atoms with E-state index in [1.54, 1.807) is 12.1 Å². The quantitative estimate of drug-likeness (QED) is 0.812. The van der Waals surface area contributed by atoms with Gasteiger partial charge in [0.1, 0.15) is 0 Å². The number of benzene rings is 2. The summed E-state index contributed by atoms with van der Waals surface area (Å²) >= 11 is 0. The highest BCUT2D eigenvalue weighted by atomic mass is 16.5. The van der Waals surface area contributed by atoms with Crippen LogP contribution in [0.3, 0.4) is 0 Å². The van der Waals surface area contributed by atoms with Crippen molar-refractivity contribution in [2.45, 2.75) is 25.6 Å². The number of methoxy groups -OCH3 is 2. The van der Waals surface area contributed by atoms with Crippen LogP contribution in [0.15, 0.2) is 36.4 Å². The average Bonchev–Trinajstić information content (AvgIpc) is 2.79. The molecule has 0 radical (unpaired) electrons. The smallest absolute Gasteiger partial charge is 0.240 e. The third-order valence-electron chi connectivity index (χ3n) is 5.88. The van der Waals surface area contributed by atoms with Gasteiger partial charge in [0.25, 0.3) is 0 Å². The maximum absolute atomic E-state index is 13.4. The summed E-state index contributed by atoms with van der Waals surface area (Å²) in [6.07, 6.45) is 0.679. The van der Waals surface area contributed by atoms with Crippen LogP contribution in [0.2, 0.25) is 0 Å². The Morgan fingerprint density at radius 3 is 2.37 bits per heavy atom. The van der Waals surface area contributed by atoms with Gasteiger partial charge in [0.15, 0.2) is 11.5 Å². The SMILES string of the molecule is COc1cc(CN2Cc3ccccc3CC2C(=O)N2CCOCC2)cc(OC)c1O. The van der Waals surface area contributed by atoms with Crippen LogP contribution < -0.4 is 9.47 Å². The fourth-order valence-electron chi connectivity index (χ4n) is 4.25. The molecule has 160 valence electrons. The fourth-order valence-corrected chi connectivity index (χ4v) is 4.25.